The molecule has 1 unspecified atom stereocenters. The summed E-state index contributed by atoms with van der Waals surface area (Å²) in [5.41, 5.74) is 1.24. The van der Waals surface area contributed by atoms with E-state index in [4.69, 9.17) is 10.2 Å². The van der Waals surface area contributed by atoms with Crippen LogP contribution in [0.1, 0.15) is 5.56 Å². The topological polar surface area (TPSA) is 86.6 Å². The van der Waals surface area contributed by atoms with Crippen LogP contribution in [-0.2, 0) is 9.59 Å². The molecule has 78 valence electrons. The largest absolute Gasteiger partial charge is 0.479 e. The Morgan fingerprint density at radius 3 is 2.67 bits per heavy atom. The molecule has 0 aliphatic carbocycles. The number of fused-ring (bicyclic) bond motifs is 1. The van der Waals surface area contributed by atoms with Crippen LogP contribution in [0.25, 0.3) is 6.08 Å². The summed E-state index contributed by atoms with van der Waals surface area (Å²) in [5, 5.41) is 23.9. The highest BCUT2D eigenvalue weighted by Crippen LogP contribution is 2.30. The van der Waals surface area contributed by atoms with Crippen molar-refractivity contribution < 1.29 is 19.8 Å². The van der Waals surface area contributed by atoms with E-state index >= 15 is 0 Å². The van der Waals surface area contributed by atoms with Crippen molar-refractivity contribution in [2.75, 3.05) is 5.32 Å². The van der Waals surface area contributed by atoms with Gasteiger partial charge in [0.15, 0.2) is 6.04 Å². The van der Waals surface area contributed by atoms with Gasteiger partial charge in [-0.3, -0.25) is 0 Å². The molecule has 5 nitrogen and oxygen atoms in total. The Morgan fingerprint density at radius 1 is 1.33 bits per heavy atom. The number of nitrogens with one attached hydrogen (secondary N) is 1. The summed E-state index contributed by atoms with van der Waals surface area (Å²) in [5.74, 6) is -2.41. The number of thiophene rings is 1. The molecular weight excluding hydrogens is 218 g/mol. The van der Waals surface area contributed by atoms with Crippen LogP contribution in [-0.4, -0.2) is 28.2 Å². The van der Waals surface area contributed by atoms with Crippen LogP contribution in [0.15, 0.2) is 16.3 Å². The van der Waals surface area contributed by atoms with E-state index in [0.29, 0.717) is 5.69 Å². The quantitative estimate of drug-likeness (QED) is 0.701. The van der Waals surface area contributed by atoms with Crippen LogP contribution >= 0.6 is 11.3 Å². The Morgan fingerprint density at radius 2 is 2.07 bits per heavy atom. The van der Waals surface area contributed by atoms with Crippen LogP contribution in [0.4, 0.5) is 5.69 Å². The van der Waals surface area contributed by atoms with Gasteiger partial charge in [-0.15, -0.1) is 11.3 Å². The minimum Gasteiger partial charge on any atom is -0.479 e. The van der Waals surface area contributed by atoms with E-state index < -0.39 is 18.0 Å². The number of carboxylic acids is 2. The maximum Gasteiger partial charge on any atom is 0.334 e. The van der Waals surface area contributed by atoms with Gasteiger partial charge in [0, 0.05) is 16.3 Å². The van der Waals surface area contributed by atoms with E-state index in [9.17, 15) is 9.59 Å². The molecule has 15 heavy (non-hydrogen) atoms. The lowest BCUT2D eigenvalue weighted by molar-refractivity contribution is -0.140. The zero-order chi connectivity index (χ0) is 11.0. The second kappa shape index (κ2) is 3.39. The molecule has 1 aliphatic rings. The zero-order valence-electron chi connectivity index (χ0n) is 7.43. The van der Waals surface area contributed by atoms with E-state index in [1.165, 1.54) is 17.4 Å². The Bertz CT molecular complexity index is 462. The maximum absolute atomic E-state index is 10.8. The molecule has 0 amide bonds. The standard InChI is InChI=1S/C9H7NO4S/c11-8(12)5-1-4-2-15-3-6(4)10-7(5)9(13)14/h1-3,7,10H,(H,11,12)(H,13,14). The number of rotatable bonds is 2. The van der Waals surface area contributed by atoms with Gasteiger partial charge in [0.05, 0.1) is 11.3 Å². The highest BCUT2D eigenvalue weighted by Gasteiger charge is 2.31. The highest BCUT2D eigenvalue weighted by atomic mass is 32.1. The van der Waals surface area contributed by atoms with E-state index in [2.05, 4.69) is 5.32 Å². The summed E-state index contributed by atoms with van der Waals surface area (Å²) in [7, 11) is 0. The van der Waals surface area contributed by atoms with Gasteiger partial charge in [-0.25, -0.2) is 9.59 Å². The van der Waals surface area contributed by atoms with E-state index in [1.807, 2.05) is 0 Å². The van der Waals surface area contributed by atoms with Crippen LogP contribution in [0.3, 0.4) is 0 Å². The minimum atomic E-state index is -1.22. The number of anilines is 1. The first-order valence-corrected chi connectivity index (χ1v) is 5.04. The first kappa shape index (κ1) is 9.72. The summed E-state index contributed by atoms with van der Waals surface area (Å²) in [6.07, 6.45) is 1.39. The normalized spacial score (nSPS) is 18.7. The van der Waals surface area contributed by atoms with Gasteiger partial charge >= 0.3 is 11.9 Å². The lowest BCUT2D eigenvalue weighted by Gasteiger charge is -2.20. The molecular formula is C9H7NO4S. The number of carboxylic acid groups (broad SMARTS) is 2. The second-order valence-corrected chi connectivity index (χ2v) is 3.80. The Balaban J connectivity index is 2.48. The fourth-order valence-corrected chi connectivity index (χ4v) is 2.15. The van der Waals surface area contributed by atoms with Crippen molar-refractivity contribution in [3.05, 3.63) is 21.9 Å². The van der Waals surface area contributed by atoms with Gasteiger partial charge < -0.3 is 15.5 Å². The number of carbonyl (C=O) groups is 2. The van der Waals surface area contributed by atoms with Gasteiger partial charge in [-0.1, -0.05) is 0 Å². The Kier molecular flexibility index (Phi) is 2.20. The zero-order valence-corrected chi connectivity index (χ0v) is 8.25. The monoisotopic (exact) mass is 225 g/mol. The SMILES string of the molecule is O=C(O)C1=Cc2cscc2NC1C(=O)O. The van der Waals surface area contributed by atoms with Crippen LogP contribution < -0.4 is 5.32 Å². The lowest BCUT2D eigenvalue weighted by atomic mass is 10.0. The molecule has 1 atom stereocenters. The Labute approximate surface area is 88.7 Å². The molecule has 0 saturated heterocycles. The summed E-state index contributed by atoms with van der Waals surface area (Å²) >= 11 is 1.39. The first-order chi connectivity index (χ1) is 7.09. The minimum absolute atomic E-state index is 0.145. The number of hydrogen-bond donors (Lipinski definition) is 3. The fourth-order valence-electron chi connectivity index (χ4n) is 1.40. The summed E-state index contributed by atoms with van der Waals surface area (Å²) in [6.45, 7) is 0. The lowest BCUT2D eigenvalue weighted by Crippen LogP contribution is -2.36. The third-order valence-corrected chi connectivity index (χ3v) is 2.87. The second-order valence-electron chi connectivity index (χ2n) is 3.06. The van der Waals surface area contributed by atoms with Crippen LogP contribution in [0, 0.1) is 0 Å². The molecule has 0 saturated carbocycles. The van der Waals surface area contributed by atoms with Crippen molar-refractivity contribution >= 4 is 35.0 Å². The molecule has 2 rings (SSSR count). The first-order valence-electron chi connectivity index (χ1n) is 4.10. The molecule has 0 aromatic carbocycles. The smallest absolute Gasteiger partial charge is 0.334 e. The van der Waals surface area contributed by atoms with Gasteiger partial charge in [0.25, 0.3) is 0 Å². The summed E-state index contributed by atoms with van der Waals surface area (Å²) in [4.78, 5) is 21.7. The predicted octanol–water partition coefficient (Wildman–Crippen LogP) is 1.09. The molecule has 1 aromatic rings. The fraction of sp³-hybridized carbons (Fsp3) is 0.111. The molecule has 6 heteroatoms. The molecule has 0 radical (unpaired) electrons. The molecule has 3 N–H and O–H groups in total. The van der Waals surface area contributed by atoms with Gasteiger partial charge in [0.2, 0.25) is 0 Å². The van der Waals surface area contributed by atoms with Crippen molar-refractivity contribution in [3.63, 3.8) is 0 Å². The maximum atomic E-state index is 10.8. The van der Waals surface area contributed by atoms with E-state index in [1.54, 1.807) is 10.8 Å². The molecule has 0 spiro atoms. The van der Waals surface area contributed by atoms with E-state index in [-0.39, 0.29) is 5.57 Å². The molecule has 2 heterocycles. The van der Waals surface area contributed by atoms with Crippen molar-refractivity contribution in [2.24, 2.45) is 0 Å². The van der Waals surface area contributed by atoms with Crippen molar-refractivity contribution in [1.29, 1.82) is 0 Å². The van der Waals surface area contributed by atoms with Gasteiger partial charge in [0.1, 0.15) is 0 Å². The number of hydrogen-bond acceptors (Lipinski definition) is 4. The molecule has 1 aliphatic heterocycles. The summed E-state index contributed by atoms with van der Waals surface area (Å²) < 4.78 is 0. The van der Waals surface area contributed by atoms with Crippen molar-refractivity contribution in [2.45, 2.75) is 6.04 Å². The van der Waals surface area contributed by atoms with Crippen LogP contribution in [0.5, 0.6) is 0 Å². The third-order valence-electron chi connectivity index (χ3n) is 2.11. The Hall–Kier alpha value is -1.82. The average Bonchev–Trinajstić information content (AvgIpc) is 2.61. The van der Waals surface area contributed by atoms with E-state index in [0.717, 1.165) is 5.56 Å². The number of aliphatic carboxylic acids is 2. The summed E-state index contributed by atoms with van der Waals surface area (Å²) in [6, 6.07) is -1.18. The molecule has 0 fully saturated rings. The van der Waals surface area contributed by atoms with Crippen molar-refractivity contribution in [1.82, 2.24) is 0 Å². The average molecular weight is 225 g/mol. The predicted molar refractivity (Wildman–Crippen MR) is 55.0 cm³/mol. The highest BCUT2D eigenvalue weighted by molar-refractivity contribution is 7.08. The molecule has 0 bridgehead atoms. The van der Waals surface area contributed by atoms with Crippen molar-refractivity contribution in [3.8, 4) is 0 Å². The third kappa shape index (κ3) is 1.59. The van der Waals surface area contributed by atoms with Gasteiger partial charge in [-0.05, 0) is 6.08 Å². The van der Waals surface area contributed by atoms with Gasteiger partial charge in [-0.2, -0.15) is 0 Å². The molecule has 1 aromatic heterocycles. The van der Waals surface area contributed by atoms with Crippen LogP contribution in [0.2, 0.25) is 0 Å².